The number of hydrazone groups is 2. The van der Waals surface area contributed by atoms with Gasteiger partial charge in [-0.1, -0.05) is 19.4 Å². The highest BCUT2D eigenvalue weighted by Gasteiger charge is 2.67. The molecule has 0 bridgehead atoms. The van der Waals surface area contributed by atoms with E-state index in [1.807, 2.05) is 6.92 Å². The fourth-order valence-corrected chi connectivity index (χ4v) is 8.81. The zero-order valence-electron chi connectivity index (χ0n) is 25.8. The molecule has 2 aromatic carbocycles. The monoisotopic (exact) mass is 630 g/mol. The van der Waals surface area contributed by atoms with E-state index >= 15 is 0 Å². The fraction of sp³-hybridized carbons (Fsp3) is 0.485. The highest BCUT2D eigenvalue weighted by atomic mass is 16.6. The van der Waals surface area contributed by atoms with Crippen molar-refractivity contribution in [2.75, 3.05) is 17.5 Å². The number of allylic oxidation sites excluding steroid dienone is 2. The van der Waals surface area contributed by atoms with Gasteiger partial charge >= 0.3 is 0 Å². The number of nitro groups is 2. The van der Waals surface area contributed by atoms with E-state index in [2.05, 4.69) is 29.0 Å². The molecule has 6 atom stereocenters. The van der Waals surface area contributed by atoms with E-state index in [1.165, 1.54) is 29.8 Å². The van der Waals surface area contributed by atoms with E-state index in [1.54, 1.807) is 24.3 Å². The molecule has 13 nitrogen and oxygen atoms in total. The Kier molecular flexibility index (Phi) is 8.01. The van der Waals surface area contributed by atoms with Crippen molar-refractivity contribution in [3.8, 4) is 0 Å². The second-order valence-electron chi connectivity index (χ2n) is 13.5. The number of nitrogens with one attached hydrogen (secondary N) is 2. The van der Waals surface area contributed by atoms with E-state index in [4.69, 9.17) is 5.10 Å². The van der Waals surface area contributed by atoms with Crippen LogP contribution in [0.1, 0.15) is 58.8 Å². The number of anilines is 2. The van der Waals surface area contributed by atoms with Gasteiger partial charge < -0.3 is 10.2 Å². The van der Waals surface area contributed by atoms with E-state index < -0.39 is 33.3 Å². The summed E-state index contributed by atoms with van der Waals surface area (Å²) in [6.45, 7) is 3.50. The molecule has 0 aliphatic heterocycles. The molecule has 4 aliphatic carbocycles. The molecule has 3 fully saturated rings. The van der Waals surface area contributed by atoms with Gasteiger partial charge in [0.2, 0.25) is 0 Å². The summed E-state index contributed by atoms with van der Waals surface area (Å²) in [6.07, 6.45) is 6.67. The number of Topliss-reactive ketones (excluding diaryl/α,β-unsaturated/α-hetero) is 1. The maximum absolute atomic E-state index is 13.0. The Morgan fingerprint density at radius 1 is 0.913 bits per heavy atom. The number of carbonyl (C=O) groups excluding carboxylic acids is 1. The highest BCUT2D eigenvalue weighted by Crippen LogP contribution is 2.67. The Hall–Kier alpha value is -4.49. The molecule has 0 saturated heterocycles. The van der Waals surface area contributed by atoms with Gasteiger partial charge in [-0.05, 0) is 92.5 Å². The Balaban J connectivity index is 1.33. The van der Waals surface area contributed by atoms with Gasteiger partial charge in [-0.3, -0.25) is 35.9 Å². The molecule has 6 unspecified atom stereocenters. The van der Waals surface area contributed by atoms with E-state index in [0.717, 1.165) is 30.7 Å². The van der Waals surface area contributed by atoms with Crippen LogP contribution in [0.25, 0.3) is 0 Å². The Morgan fingerprint density at radius 3 is 2.07 bits per heavy atom. The van der Waals surface area contributed by atoms with E-state index in [0.29, 0.717) is 37.1 Å². The number of nitrogens with zero attached hydrogens (tertiary/aromatic N) is 4. The number of hydrogen-bond acceptors (Lipinski definition) is 11. The quantitative estimate of drug-likeness (QED) is 0.212. The molecule has 0 spiro atoms. The van der Waals surface area contributed by atoms with Gasteiger partial charge in [0.25, 0.3) is 11.4 Å². The van der Waals surface area contributed by atoms with Crippen molar-refractivity contribution in [3.05, 3.63) is 80.4 Å². The summed E-state index contributed by atoms with van der Waals surface area (Å²) in [5.41, 5.74) is 7.62. The molecule has 6 rings (SSSR count). The van der Waals surface area contributed by atoms with Crippen LogP contribution in [0.15, 0.2) is 70.4 Å². The summed E-state index contributed by atoms with van der Waals surface area (Å²) in [4.78, 5) is 34.2. The first kappa shape index (κ1) is 31.5. The van der Waals surface area contributed by atoms with Crippen molar-refractivity contribution in [3.63, 3.8) is 0 Å². The number of hydrogen-bond donors (Lipinski definition) is 4. The number of carbonyl (C=O) groups is 1. The van der Waals surface area contributed by atoms with Crippen LogP contribution >= 0.6 is 0 Å². The zero-order chi connectivity index (χ0) is 32.9. The maximum atomic E-state index is 13.0. The summed E-state index contributed by atoms with van der Waals surface area (Å²) < 4.78 is 0. The fourth-order valence-electron chi connectivity index (χ4n) is 8.81. The summed E-state index contributed by atoms with van der Waals surface area (Å²) in [5.74, 6) is -0.323. The van der Waals surface area contributed by atoms with Crippen molar-refractivity contribution < 1.29 is 24.9 Å². The van der Waals surface area contributed by atoms with Crippen LogP contribution in [0, 0.1) is 48.8 Å². The van der Waals surface area contributed by atoms with Crippen LogP contribution in [0.2, 0.25) is 0 Å². The molecule has 0 aromatic heterocycles. The van der Waals surface area contributed by atoms with Crippen LogP contribution in [-0.4, -0.2) is 49.5 Å². The average Bonchev–Trinajstić information content (AvgIpc) is 3.33. The first-order valence-electron chi connectivity index (χ1n) is 15.6. The average molecular weight is 631 g/mol. The number of fused-ring (bicyclic) bond motifs is 5. The van der Waals surface area contributed by atoms with E-state index in [-0.39, 0.29) is 34.5 Å². The molecule has 0 heterocycles. The van der Waals surface area contributed by atoms with Crippen molar-refractivity contribution in [1.82, 2.24) is 0 Å². The number of ketones is 1. The van der Waals surface area contributed by atoms with Gasteiger partial charge in [0, 0.05) is 41.3 Å². The third-order valence-corrected chi connectivity index (χ3v) is 11.3. The molecule has 13 heteroatoms. The first-order valence-corrected chi connectivity index (χ1v) is 15.6. The first-order chi connectivity index (χ1) is 21.9. The molecule has 46 heavy (non-hydrogen) atoms. The molecule has 0 amide bonds. The number of aliphatic hydroxyl groups is 2. The Labute approximate surface area is 265 Å². The predicted octanol–water partition coefficient (Wildman–Crippen LogP) is 5.60. The van der Waals surface area contributed by atoms with Gasteiger partial charge in [0.15, 0.2) is 5.78 Å². The third-order valence-electron chi connectivity index (χ3n) is 11.3. The molecule has 0 radical (unpaired) electrons. The molecule has 3 saturated carbocycles. The second-order valence-corrected chi connectivity index (χ2v) is 13.5. The van der Waals surface area contributed by atoms with Crippen molar-refractivity contribution in [2.24, 2.45) is 38.8 Å². The Morgan fingerprint density at radius 2 is 1.50 bits per heavy atom. The maximum Gasteiger partial charge on any atom is 0.269 e. The van der Waals surface area contributed by atoms with Crippen LogP contribution in [-0.2, 0) is 4.79 Å². The summed E-state index contributed by atoms with van der Waals surface area (Å²) >= 11 is 0. The summed E-state index contributed by atoms with van der Waals surface area (Å²) in [5, 5.41) is 53.3. The lowest BCUT2D eigenvalue weighted by Crippen LogP contribution is -2.61. The molecular formula is C33H38N6O7. The molecule has 4 N–H and O–H groups in total. The zero-order valence-corrected chi connectivity index (χ0v) is 25.8. The number of aliphatic hydroxyl groups excluding tert-OH is 1. The SMILES string of the molecule is CC12CCC(=NNc3ccc([N+](=O)[O-])cc3)C=C1CCC1C2C(=NNc2ccc([N+](=O)[O-])cc2)CC2(C)C1CCC2(O)C(=O)CO. The number of non-ortho nitro benzene ring substituents is 2. The number of benzene rings is 2. The number of nitro benzene ring substituents is 2. The van der Waals surface area contributed by atoms with Crippen LogP contribution in [0.3, 0.4) is 0 Å². The predicted molar refractivity (Wildman–Crippen MR) is 172 cm³/mol. The van der Waals surface area contributed by atoms with Gasteiger partial charge in [-0.25, -0.2) is 0 Å². The number of rotatable bonds is 8. The molecule has 4 aliphatic rings. The van der Waals surface area contributed by atoms with Crippen molar-refractivity contribution in [2.45, 2.75) is 64.4 Å². The van der Waals surface area contributed by atoms with Gasteiger partial charge in [0.05, 0.1) is 26.9 Å². The topological polar surface area (TPSA) is 193 Å². The van der Waals surface area contributed by atoms with Gasteiger partial charge in [-0.2, -0.15) is 10.2 Å². The van der Waals surface area contributed by atoms with Crippen molar-refractivity contribution >= 4 is 40.0 Å². The van der Waals surface area contributed by atoms with Gasteiger partial charge in [0.1, 0.15) is 12.2 Å². The molecular weight excluding hydrogens is 592 g/mol. The molecule has 2 aromatic rings. The summed E-state index contributed by atoms with van der Waals surface area (Å²) in [7, 11) is 0. The standard InChI is InChI=1S/C33H38N6O7/c1-31-15-13-23(36-34-21-4-8-24(9-5-21)38(43)44)17-20(31)3-12-26-27-14-16-33(42,29(41)19-40)32(27,2)18-28(30(26)31)37-35-22-6-10-25(11-7-22)39(45)46/h4-11,17,26-27,30,34-35,40,42H,3,12-16,18-19H2,1-2H3. The third kappa shape index (κ3) is 5.17. The van der Waals surface area contributed by atoms with E-state index in [9.17, 15) is 35.2 Å². The second kappa shape index (κ2) is 11.7. The van der Waals surface area contributed by atoms with Gasteiger partial charge in [-0.15, -0.1) is 0 Å². The minimum Gasteiger partial charge on any atom is -0.388 e. The Bertz CT molecular complexity index is 1660. The lowest BCUT2D eigenvalue weighted by atomic mass is 9.45. The normalized spacial score (nSPS) is 33.4. The highest BCUT2D eigenvalue weighted by molar-refractivity contribution is 5.99. The minimum atomic E-state index is -1.65. The lowest BCUT2D eigenvalue weighted by Gasteiger charge is -2.59. The van der Waals surface area contributed by atoms with Crippen LogP contribution in [0.5, 0.6) is 0 Å². The van der Waals surface area contributed by atoms with Crippen LogP contribution in [0.4, 0.5) is 22.7 Å². The lowest BCUT2D eigenvalue weighted by molar-refractivity contribution is -0.385. The summed E-state index contributed by atoms with van der Waals surface area (Å²) in [6, 6.07) is 12.1. The smallest absolute Gasteiger partial charge is 0.269 e. The minimum absolute atomic E-state index is 0.0102. The molecule has 242 valence electrons. The van der Waals surface area contributed by atoms with Crippen LogP contribution < -0.4 is 10.9 Å². The van der Waals surface area contributed by atoms with Crippen molar-refractivity contribution in [1.29, 1.82) is 0 Å². The largest absolute Gasteiger partial charge is 0.388 e.